The fourth-order valence-electron chi connectivity index (χ4n) is 1.82. The summed E-state index contributed by atoms with van der Waals surface area (Å²) in [6, 6.07) is 3.02. The van der Waals surface area contributed by atoms with Crippen molar-refractivity contribution in [2.24, 2.45) is 0 Å². The van der Waals surface area contributed by atoms with Gasteiger partial charge in [-0.2, -0.15) is 0 Å². The lowest BCUT2D eigenvalue weighted by Gasteiger charge is -1.94. The maximum absolute atomic E-state index is 13.2. The first-order chi connectivity index (χ1) is 7.13. The van der Waals surface area contributed by atoms with E-state index in [9.17, 15) is 4.39 Å². The quantitative estimate of drug-likeness (QED) is 0.819. The Bertz CT molecular complexity index is 502. The van der Waals surface area contributed by atoms with Crippen molar-refractivity contribution >= 4 is 11.0 Å². The maximum Gasteiger partial charge on any atom is 0.137 e. The zero-order chi connectivity index (χ0) is 11.0. The predicted molar refractivity (Wildman–Crippen MR) is 58.4 cm³/mol. The van der Waals surface area contributed by atoms with Gasteiger partial charge in [-0.05, 0) is 44.2 Å². The minimum absolute atomic E-state index is 0.208. The molecule has 0 amide bonds. The average Bonchev–Trinajstić information content (AvgIpc) is 2.47. The normalized spacial score (nSPS) is 11.2. The molecule has 0 aliphatic carbocycles. The molecule has 1 aromatic heterocycles. The van der Waals surface area contributed by atoms with E-state index in [0.717, 1.165) is 27.9 Å². The van der Waals surface area contributed by atoms with Crippen LogP contribution in [0.5, 0.6) is 0 Å². The molecule has 0 aliphatic heterocycles. The van der Waals surface area contributed by atoms with Gasteiger partial charge in [0.15, 0.2) is 0 Å². The van der Waals surface area contributed by atoms with Crippen molar-refractivity contribution in [2.75, 3.05) is 7.05 Å². The van der Waals surface area contributed by atoms with Crippen LogP contribution in [0.2, 0.25) is 0 Å². The summed E-state index contributed by atoms with van der Waals surface area (Å²) in [5, 5.41) is 3.91. The highest BCUT2D eigenvalue weighted by atomic mass is 19.1. The van der Waals surface area contributed by atoms with E-state index >= 15 is 0 Å². The predicted octanol–water partition coefficient (Wildman–Crippen LogP) is 2.91. The molecule has 0 saturated carbocycles. The molecule has 2 rings (SSSR count). The average molecular weight is 207 g/mol. The molecule has 0 radical (unpaired) electrons. The van der Waals surface area contributed by atoms with Crippen LogP contribution in [0.1, 0.15) is 16.9 Å². The highest BCUT2D eigenvalue weighted by molar-refractivity contribution is 5.84. The van der Waals surface area contributed by atoms with Crippen LogP contribution in [0.4, 0.5) is 4.39 Å². The number of hydrogen-bond acceptors (Lipinski definition) is 2. The Morgan fingerprint density at radius 1 is 1.33 bits per heavy atom. The third kappa shape index (κ3) is 1.63. The lowest BCUT2D eigenvalue weighted by Crippen LogP contribution is -2.04. The summed E-state index contributed by atoms with van der Waals surface area (Å²) >= 11 is 0. The Balaban J connectivity index is 2.70. The fourth-order valence-corrected chi connectivity index (χ4v) is 1.82. The van der Waals surface area contributed by atoms with Gasteiger partial charge >= 0.3 is 0 Å². The number of hydrogen-bond donors (Lipinski definition) is 1. The molecule has 0 unspecified atom stereocenters. The smallest absolute Gasteiger partial charge is 0.137 e. The van der Waals surface area contributed by atoms with Crippen LogP contribution in [0.25, 0.3) is 11.0 Å². The van der Waals surface area contributed by atoms with E-state index in [1.807, 2.05) is 20.9 Å². The molecule has 2 nitrogen and oxygen atoms in total. The summed E-state index contributed by atoms with van der Waals surface area (Å²) in [6.07, 6.45) is 0. The lowest BCUT2D eigenvalue weighted by atomic mass is 10.1. The summed E-state index contributed by atoms with van der Waals surface area (Å²) in [7, 11) is 1.86. The minimum Gasteiger partial charge on any atom is -0.459 e. The molecule has 0 aliphatic rings. The molecule has 0 bridgehead atoms. The van der Waals surface area contributed by atoms with Gasteiger partial charge in [0.05, 0.1) is 6.54 Å². The second-order valence-corrected chi connectivity index (χ2v) is 3.78. The van der Waals surface area contributed by atoms with Gasteiger partial charge in [0, 0.05) is 5.39 Å². The Morgan fingerprint density at radius 2 is 2.07 bits per heavy atom. The number of fused-ring (bicyclic) bond motifs is 1. The standard InChI is InChI=1S/C12H14FNO/c1-7-4-9(13)5-10-8(2)11(6-14-3)15-12(7)10/h4-5,14H,6H2,1-3H3. The van der Waals surface area contributed by atoms with E-state index in [0.29, 0.717) is 6.54 Å². The summed E-state index contributed by atoms with van der Waals surface area (Å²) in [5.74, 6) is 0.668. The van der Waals surface area contributed by atoms with E-state index in [2.05, 4.69) is 5.32 Å². The molecular formula is C12H14FNO. The van der Waals surface area contributed by atoms with Crippen molar-refractivity contribution in [3.8, 4) is 0 Å². The Kier molecular flexibility index (Phi) is 2.49. The van der Waals surface area contributed by atoms with Gasteiger partial charge in [-0.3, -0.25) is 0 Å². The highest BCUT2D eigenvalue weighted by Crippen LogP contribution is 2.28. The van der Waals surface area contributed by atoms with Crippen molar-refractivity contribution in [1.29, 1.82) is 0 Å². The van der Waals surface area contributed by atoms with Gasteiger partial charge in [-0.15, -0.1) is 0 Å². The van der Waals surface area contributed by atoms with Crippen LogP contribution in [0.3, 0.4) is 0 Å². The molecule has 2 aromatic rings. The lowest BCUT2D eigenvalue weighted by molar-refractivity contribution is 0.525. The van der Waals surface area contributed by atoms with E-state index in [4.69, 9.17) is 4.42 Å². The van der Waals surface area contributed by atoms with E-state index < -0.39 is 0 Å². The van der Waals surface area contributed by atoms with Crippen LogP contribution in [0, 0.1) is 19.7 Å². The zero-order valence-corrected chi connectivity index (χ0v) is 9.15. The first-order valence-corrected chi connectivity index (χ1v) is 4.96. The molecule has 1 N–H and O–H groups in total. The van der Waals surface area contributed by atoms with Gasteiger partial charge in [0.2, 0.25) is 0 Å². The Morgan fingerprint density at radius 3 is 2.73 bits per heavy atom. The van der Waals surface area contributed by atoms with Crippen LogP contribution < -0.4 is 5.32 Å². The molecule has 3 heteroatoms. The molecule has 1 heterocycles. The molecule has 1 aromatic carbocycles. The summed E-state index contributed by atoms with van der Waals surface area (Å²) in [5.41, 5.74) is 2.65. The monoisotopic (exact) mass is 207 g/mol. The third-order valence-electron chi connectivity index (χ3n) is 2.62. The van der Waals surface area contributed by atoms with Gasteiger partial charge in [0.25, 0.3) is 0 Å². The highest BCUT2D eigenvalue weighted by Gasteiger charge is 2.12. The Labute approximate surface area is 88.1 Å². The van der Waals surface area contributed by atoms with Crippen molar-refractivity contribution < 1.29 is 8.81 Å². The topological polar surface area (TPSA) is 25.2 Å². The largest absolute Gasteiger partial charge is 0.459 e. The van der Waals surface area contributed by atoms with E-state index in [1.165, 1.54) is 12.1 Å². The first kappa shape index (κ1) is 10.2. The van der Waals surface area contributed by atoms with Crippen molar-refractivity contribution in [1.82, 2.24) is 5.32 Å². The summed E-state index contributed by atoms with van der Waals surface area (Å²) < 4.78 is 18.9. The number of furan rings is 1. The summed E-state index contributed by atoms with van der Waals surface area (Å²) in [4.78, 5) is 0. The van der Waals surface area contributed by atoms with E-state index in [1.54, 1.807) is 0 Å². The van der Waals surface area contributed by atoms with Crippen molar-refractivity contribution in [3.63, 3.8) is 0 Å². The second-order valence-electron chi connectivity index (χ2n) is 3.78. The van der Waals surface area contributed by atoms with Crippen LogP contribution >= 0.6 is 0 Å². The molecule has 0 spiro atoms. The maximum atomic E-state index is 13.2. The van der Waals surface area contributed by atoms with Crippen LogP contribution in [0.15, 0.2) is 16.5 Å². The molecule has 0 fully saturated rings. The molecular weight excluding hydrogens is 193 g/mol. The van der Waals surface area contributed by atoms with Crippen molar-refractivity contribution in [2.45, 2.75) is 20.4 Å². The SMILES string of the molecule is CNCc1oc2c(C)cc(F)cc2c1C. The number of rotatable bonds is 2. The Hall–Kier alpha value is -1.35. The second kappa shape index (κ2) is 3.66. The molecule has 15 heavy (non-hydrogen) atoms. The molecule has 0 atom stereocenters. The third-order valence-corrected chi connectivity index (χ3v) is 2.62. The van der Waals surface area contributed by atoms with Gasteiger partial charge in [-0.25, -0.2) is 4.39 Å². The fraction of sp³-hybridized carbons (Fsp3) is 0.333. The number of nitrogens with one attached hydrogen (secondary N) is 1. The minimum atomic E-state index is -0.208. The molecule has 0 saturated heterocycles. The van der Waals surface area contributed by atoms with Gasteiger partial charge < -0.3 is 9.73 Å². The summed E-state index contributed by atoms with van der Waals surface area (Å²) in [6.45, 7) is 4.48. The zero-order valence-electron chi connectivity index (χ0n) is 9.15. The van der Waals surface area contributed by atoms with E-state index in [-0.39, 0.29) is 5.82 Å². The molecule has 80 valence electrons. The number of benzene rings is 1. The van der Waals surface area contributed by atoms with Crippen LogP contribution in [-0.4, -0.2) is 7.05 Å². The number of halogens is 1. The van der Waals surface area contributed by atoms with Crippen LogP contribution in [-0.2, 0) is 6.54 Å². The van der Waals surface area contributed by atoms with Crippen molar-refractivity contribution in [3.05, 3.63) is 34.8 Å². The number of aryl methyl sites for hydroxylation is 2. The first-order valence-electron chi connectivity index (χ1n) is 4.96. The van der Waals surface area contributed by atoms with Gasteiger partial charge in [-0.1, -0.05) is 0 Å². The van der Waals surface area contributed by atoms with Gasteiger partial charge in [0.1, 0.15) is 17.2 Å².